The highest BCUT2D eigenvalue weighted by atomic mass is 32.2. The molecule has 0 aromatic heterocycles. The van der Waals surface area contributed by atoms with E-state index >= 15 is 0 Å². The average molecular weight is 175 g/mol. The zero-order chi connectivity index (χ0) is 8.27. The Kier molecular flexibility index (Phi) is 3.52. The molecule has 0 aliphatic heterocycles. The van der Waals surface area contributed by atoms with Crippen molar-refractivity contribution in [2.24, 2.45) is 11.7 Å². The van der Waals surface area contributed by atoms with E-state index in [1.165, 1.54) is 19.3 Å². The van der Waals surface area contributed by atoms with Crippen LogP contribution in [0.4, 0.5) is 0 Å². The van der Waals surface area contributed by atoms with Gasteiger partial charge >= 0.3 is 0 Å². The lowest BCUT2D eigenvalue weighted by molar-refractivity contribution is 0.468. The summed E-state index contributed by atoms with van der Waals surface area (Å²) in [5, 5.41) is 0. The van der Waals surface area contributed by atoms with E-state index in [1.807, 2.05) is 0 Å². The summed E-state index contributed by atoms with van der Waals surface area (Å²) in [6, 6.07) is 0.388. The van der Waals surface area contributed by atoms with E-state index in [4.69, 9.17) is 5.73 Å². The van der Waals surface area contributed by atoms with Crippen molar-refractivity contribution < 1.29 is 4.21 Å². The third kappa shape index (κ3) is 2.91. The number of hydrogen-bond donors (Lipinski definition) is 1. The minimum absolute atomic E-state index is 0.388. The lowest BCUT2D eigenvalue weighted by atomic mass is 10.0. The van der Waals surface area contributed by atoms with E-state index in [0.717, 1.165) is 12.2 Å². The molecule has 1 fully saturated rings. The van der Waals surface area contributed by atoms with Crippen LogP contribution in [0.5, 0.6) is 0 Å². The molecule has 1 aliphatic rings. The fraction of sp³-hybridized carbons (Fsp3) is 1.00. The molecule has 3 atom stereocenters. The Bertz CT molecular complexity index is 149. The van der Waals surface area contributed by atoms with Gasteiger partial charge in [0, 0.05) is 28.9 Å². The fourth-order valence-corrected chi connectivity index (χ4v) is 2.38. The van der Waals surface area contributed by atoms with Crippen molar-refractivity contribution in [3.05, 3.63) is 0 Å². The van der Waals surface area contributed by atoms with Gasteiger partial charge in [0.05, 0.1) is 0 Å². The van der Waals surface area contributed by atoms with Gasteiger partial charge < -0.3 is 5.73 Å². The summed E-state index contributed by atoms with van der Waals surface area (Å²) in [5.74, 6) is 1.48. The highest BCUT2D eigenvalue weighted by Crippen LogP contribution is 2.26. The maximum absolute atomic E-state index is 10.8. The van der Waals surface area contributed by atoms with E-state index in [0.29, 0.717) is 12.0 Å². The second kappa shape index (κ2) is 4.21. The van der Waals surface area contributed by atoms with Gasteiger partial charge in [-0.15, -0.1) is 0 Å². The Balaban J connectivity index is 2.20. The largest absolute Gasteiger partial charge is 0.327 e. The van der Waals surface area contributed by atoms with Crippen LogP contribution in [0.25, 0.3) is 0 Å². The molecule has 2 nitrogen and oxygen atoms in total. The molecule has 3 heteroatoms. The minimum atomic E-state index is -0.632. The van der Waals surface area contributed by atoms with Crippen LogP contribution in [-0.2, 0) is 10.8 Å². The highest BCUT2D eigenvalue weighted by Gasteiger charge is 2.23. The molecule has 0 bridgehead atoms. The van der Waals surface area contributed by atoms with E-state index < -0.39 is 10.8 Å². The van der Waals surface area contributed by atoms with Gasteiger partial charge in [-0.2, -0.15) is 0 Å². The van der Waals surface area contributed by atoms with E-state index in [9.17, 15) is 4.21 Å². The molecule has 1 saturated carbocycles. The van der Waals surface area contributed by atoms with E-state index in [2.05, 4.69) is 0 Å². The fourth-order valence-electron chi connectivity index (χ4n) is 1.74. The lowest BCUT2D eigenvalue weighted by Crippen LogP contribution is -2.25. The topological polar surface area (TPSA) is 43.1 Å². The summed E-state index contributed by atoms with van der Waals surface area (Å²) in [6.45, 7) is 0. The third-order valence-corrected chi connectivity index (χ3v) is 3.30. The molecule has 0 amide bonds. The number of rotatable bonds is 3. The maximum Gasteiger partial charge on any atom is 0.0235 e. The molecule has 0 heterocycles. The van der Waals surface area contributed by atoms with Gasteiger partial charge in [-0.05, 0) is 25.2 Å². The van der Waals surface area contributed by atoms with Crippen LogP contribution >= 0.6 is 0 Å². The van der Waals surface area contributed by atoms with Crippen molar-refractivity contribution in [2.75, 3.05) is 12.0 Å². The monoisotopic (exact) mass is 175 g/mol. The van der Waals surface area contributed by atoms with E-state index in [1.54, 1.807) is 6.26 Å². The van der Waals surface area contributed by atoms with Gasteiger partial charge in [0.15, 0.2) is 0 Å². The number of hydrogen-bond acceptors (Lipinski definition) is 2. The van der Waals surface area contributed by atoms with Crippen LogP contribution in [0.15, 0.2) is 0 Å². The van der Waals surface area contributed by atoms with Crippen LogP contribution in [0.1, 0.15) is 25.7 Å². The standard InChI is InChI=1S/C8H17NOS/c1-11(10)6-5-7-3-2-4-8(7)9/h7-8H,2-6,9H2,1H3. The first-order chi connectivity index (χ1) is 5.20. The summed E-state index contributed by atoms with van der Waals surface area (Å²) in [4.78, 5) is 0. The van der Waals surface area contributed by atoms with Crippen LogP contribution < -0.4 is 5.73 Å². The van der Waals surface area contributed by atoms with Crippen molar-refractivity contribution in [3.8, 4) is 0 Å². The van der Waals surface area contributed by atoms with Crippen molar-refractivity contribution in [1.29, 1.82) is 0 Å². The van der Waals surface area contributed by atoms with Crippen LogP contribution in [0.2, 0.25) is 0 Å². The van der Waals surface area contributed by atoms with Crippen LogP contribution in [-0.4, -0.2) is 22.3 Å². The zero-order valence-corrected chi connectivity index (χ0v) is 7.90. The SMILES string of the molecule is CS(=O)CCC1CCCC1N. The average Bonchev–Trinajstić information content (AvgIpc) is 2.31. The predicted molar refractivity (Wildman–Crippen MR) is 48.9 cm³/mol. The molecule has 0 aromatic carbocycles. The molecule has 0 radical (unpaired) electrons. The molecular formula is C8H17NOS. The van der Waals surface area contributed by atoms with Crippen molar-refractivity contribution in [3.63, 3.8) is 0 Å². The molecule has 0 saturated heterocycles. The Hall–Kier alpha value is 0.110. The molecule has 66 valence electrons. The normalized spacial score (nSPS) is 34.0. The Morgan fingerprint density at radius 3 is 2.73 bits per heavy atom. The smallest absolute Gasteiger partial charge is 0.0235 e. The minimum Gasteiger partial charge on any atom is -0.327 e. The lowest BCUT2D eigenvalue weighted by Gasteiger charge is -2.13. The Labute approximate surface area is 71.0 Å². The van der Waals surface area contributed by atoms with Crippen LogP contribution in [0.3, 0.4) is 0 Å². The first kappa shape index (κ1) is 9.20. The van der Waals surface area contributed by atoms with Crippen molar-refractivity contribution in [2.45, 2.75) is 31.7 Å². The molecule has 0 spiro atoms. The molecular weight excluding hydrogens is 158 g/mol. The molecule has 11 heavy (non-hydrogen) atoms. The number of nitrogens with two attached hydrogens (primary N) is 1. The summed E-state index contributed by atoms with van der Waals surface area (Å²) >= 11 is 0. The van der Waals surface area contributed by atoms with Gasteiger partial charge in [0.2, 0.25) is 0 Å². The Morgan fingerprint density at radius 2 is 2.27 bits per heavy atom. The van der Waals surface area contributed by atoms with Gasteiger partial charge in [-0.25, -0.2) is 0 Å². The van der Waals surface area contributed by atoms with Crippen molar-refractivity contribution in [1.82, 2.24) is 0 Å². The highest BCUT2D eigenvalue weighted by molar-refractivity contribution is 7.84. The first-order valence-corrected chi connectivity index (χ1v) is 5.98. The van der Waals surface area contributed by atoms with Gasteiger partial charge in [-0.3, -0.25) is 4.21 Å². The van der Waals surface area contributed by atoms with E-state index in [-0.39, 0.29) is 0 Å². The molecule has 2 N–H and O–H groups in total. The van der Waals surface area contributed by atoms with Crippen molar-refractivity contribution >= 4 is 10.8 Å². The predicted octanol–water partition coefficient (Wildman–Crippen LogP) is 0.882. The quantitative estimate of drug-likeness (QED) is 0.692. The zero-order valence-electron chi connectivity index (χ0n) is 7.08. The second-order valence-electron chi connectivity index (χ2n) is 3.42. The van der Waals surface area contributed by atoms with Gasteiger partial charge in [0.1, 0.15) is 0 Å². The second-order valence-corrected chi connectivity index (χ2v) is 4.98. The summed E-state index contributed by atoms with van der Waals surface area (Å²) in [6.07, 6.45) is 6.51. The summed E-state index contributed by atoms with van der Waals surface area (Å²) in [5.41, 5.74) is 5.87. The molecule has 1 rings (SSSR count). The third-order valence-electron chi connectivity index (χ3n) is 2.49. The summed E-state index contributed by atoms with van der Waals surface area (Å²) in [7, 11) is -0.632. The first-order valence-electron chi connectivity index (χ1n) is 4.26. The maximum atomic E-state index is 10.8. The van der Waals surface area contributed by atoms with Gasteiger partial charge in [-0.1, -0.05) is 6.42 Å². The molecule has 1 aliphatic carbocycles. The van der Waals surface area contributed by atoms with Crippen LogP contribution in [0, 0.1) is 5.92 Å². The molecule has 3 unspecified atom stereocenters. The van der Waals surface area contributed by atoms with Gasteiger partial charge in [0.25, 0.3) is 0 Å². The molecule has 0 aromatic rings. The Morgan fingerprint density at radius 1 is 1.55 bits per heavy atom. The summed E-state index contributed by atoms with van der Waals surface area (Å²) < 4.78 is 10.8.